The van der Waals surface area contributed by atoms with E-state index in [4.69, 9.17) is 23.2 Å². The molecule has 1 amide bonds. The highest BCUT2D eigenvalue weighted by atomic mass is 35.5. The largest absolute Gasteiger partial charge is 0.352 e. The zero-order valence-electron chi connectivity index (χ0n) is 10.9. The molecule has 3 nitrogen and oxygen atoms in total. The number of hydrogen-bond acceptors (Lipinski definition) is 2. The predicted octanol–water partition coefficient (Wildman–Crippen LogP) is 3.31. The maximum Gasteiger partial charge on any atom is 0.220 e. The average Bonchev–Trinajstić information content (AvgIpc) is 2.78. The van der Waals surface area contributed by atoms with Gasteiger partial charge in [0.25, 0.3) is 0 Å². The van der Waals surface area contributed by atoms with E-state index in [-0.39, 0.29) is 18.0 Å². The van der Waals surface area contributed by atoms with Crippen LogP contribution < -0.4 is 10.6 Å². The first kappa shape index (κ1) is 14.6. The molecule has 2 atom stereocenters. The first-order valence-corrected chi connectivity index (χ1v) is 7.33. The minimum Gasteiger partial charge on any atom is -0.352 e. The van der Waals surface area contributed by atoms with E-state index in [0.717, 1.165) is 24.9 Å². The molecule has 2 rings (SSSR count). The number of benzene rings is 1. The molecule has 1 heterocycles. The molecule has 0 aliphatic carbocycles. The molecule has 2 N–H and O–H groups in total. The van der Waals surface area contributed by atoms with Crippen molar-refractivity contribution in [3.05, 3.63) is 33.8 Å². The predicted molar refractivity (Wildman–Crippen MR) is 78.7 cm³/mol. The van der Waals surface area contributed by atoms with E-state index < -0.39 is 0 Å². The molecule has 1 aliphatic heterocycles. The van der Waals surface area contributed by atoms with Crippen molar-refractivity contribution >= 4 is 29.1 Å². The summed E-state index contributed by atoms with van der Waals surface area (Å²) < 4.78 is 0. The van der Waals surface area contributed by atoms with Gasteiger partial charge in [0, 0.05) is 35.1 Å². The summed E-state index contributed by atoms with van der Waals surface area (Å²) in [6, 6.07) is 5.99. The Labute approximate surface area is 123 Å². The zero-order valence-corrected chi connectivity index (χ0v) is 12.4. The van der Waals surface area contributed by atoms with Crippen LogP contribution in [0.5, 0.6) is 0 Å². The van der Waals surface area contributed by atoms with Crippen molar-refractivity contribution in [2.24, 2.45) is 0 Å². The highest BCUT2D eigenvalue weighted by Gasteiger charge is 2.22. The molecule has 19 heavy (non-hydrogen) atoms. The first-order valence-electron chi connectivity index (χ1n) is 6.58. The van der Waals surface area contributed by atoms with Gasteiger partial charge in [-0.15, -0.1) is 0 Å². The molecule has 0 saturated carbocycles. The minimum atomic E-state index is 0.143. The van der Waals surface area contributed by atoms with E-state index in [9.17, 15) is 4.79 Å². The summed E-state index contributed by atoms with van der Waals surface area (Å²) in [5.74, 6) is 0.143. The third-order valence-corrected chi connectivity index (χ3v) is 4.00. The van der Waals surface area contributed by atoms with Crippen LogP contribution in [-0.4, -0.2) is 18.5 Å². The molecule has 0 bridgehead atoms. The standard InChI is InChI=1S/C14H18Cl2N2O/c1-2-13(11-5-3-9(15)7-12(11)16)17-8-10-4-6-14(19)18-10/h3,5,7,10,13,17H,2,4,6,8H2,1H3,(H,18,19). The van der Waals surface area contributed by atoms with E-state index >= 15 is 0 Å². The smallest absolute Gasteiger partial charge is 0.220 e. The van der Waals surface area contributed by atoms with Gasteiger partial charge in [0.15, 0.2) is 0 Å². The molecule has 1 aromatic rings. The first-order chi connectivity index (χ1) is 9.10. The van der Waals surface area contributed by atoms with Crippen molar-refractivity contribution in [1.82, 2.24) is 10.6 Å². The van der Waals surface area contributed by atoms with E-state index in [2.05, 4.69) is 17.6 Å². The van der Waals surface area contributed by atoms with Gasteiger partial charge in [-0.2, -0.15) is 0 Å². The van der Waals surface area contributed by atoms with E-state index in [1.165, 1.54) is 0 Å². The number of halogens is 2. The lowest BCUT2D eigenvalue weighted by Crippen LogP contribution is -2.37. The monoisotopic (exact) mass is 300 g/mol. The maximum atomic E-state index is 11.2. The summed E-state index contributed by atoms with van der Waals surface area (Å²) in [5, 5.41) is 7.75. The van der Waals surface area contributed by atoms with Gasteiger partial charge in [0.1, 0.15) is 0 Å². The third-order valence-electron chi connectivity index (χ3n) is 3.44. The van der Waals surface area contributed by atoms with Crippen LogP contribution in [0.25, 0.3) is 0 Å². The van der Waals surface area contributed by atoms with Gasteiger partial charge >= 0.3 is 0 Å². The van der Waals surface area contributed by atoms with Crippen LogP contribution in [0, 0.1) is 0 Å². The Balaban J connectivity index is 1.97. The van der Waals surface area contributed by atoms with Gasteiger partial charge in [0.05, 0.1) is 0 Å². The highest BCUT2D eigenvalue weighted by molar-refractivity contribution is 6.35. The molecule has 104 valence electrons. The summed E-state index contributed by atoms with van der Waals surface area (Å²) in [5.41, 5.74) is 1.05. The summed E-state index contributed by atoms with van der Waals surface area (Å²) in [6.07, 6.45) is 2.46. The van der Waals surface area contributed by atoms with Crippen LogP contribution in [0.4, 0.5) is 0 Å². The molecule has 1 aliphatic rings. The number of rotatable bonds is 5. The fourth-order valence-electron chi connectivity index (χ4n) is 2.37. The van der Waals surface area contributed by atoms with Crippen molar-refractivity contribution in [2.45, 2.75) is 38.3 Å². The van der Waals surface area contributed by atoms with Gasteiger partial charge in [-0.1, -0.05) is 36.2 Å². The molecule has 0 spiro atoms. The van der Waals surface area contributed by atoms with Crippen molar-refractivity contribution in [1.29, 1.82) is 0 Å². The molecular weight excluding hydrogens is 283 g/mol. The highest BCUT2D eigenvalue weighted by Crippen LogP contribution is 2.28. The van der Waals surface area contributed by atoms with Crippen molar-refractivity contribution in [3.63, 3.8) is 0 Å². The average molecular weight is 301 g/mol. The van der Waals surface area contributed by atoms with Gasteiger partial charge in [0.2, 0.25) is 5.91 Å². The molecule has 2 unspecified atom stereocenters. The summed E-state index contributed by atoms with van der Waals surface area (Å²) >= 11 is 12.1. The fourth-order valence-corrected chi connectivity index (χ4v) is 2.91. The summed E-state index contributed by atoms with van der Waals surface area (Å²) in [4.78, 5) is 11.2. The second-order valence-electron chi connectivity index (χ2n) is 4.84. The van der Waals surface area contributed by atoms with Crippen LogP contribution >= 0.6 is 23.2 Å². The lowest BCUT2D eigenvalue weighted by atomic mass is 10.0. The van der Waals surface area contributed by atoms with Crippen molar-refractivity contribution in [3.8, 4) is 0 Å². The number of nitrogens with one attached hydrogen (secondary N) is 2. The lowest BCUT2D eigenvalue weighted by molar-refractivity contribution is -0.119. The van der Waals surface area contributed by atoms with E-state index in [0.29, 0.717) is 16.5 Å². The van der Waals surface area contributed by atoms with Crippen LogP contribution in [0.3, 0.4) is 0 Å². The SMILES string of the molecule is CCC(NCC1CCC(=O)N1)c1ccc(Cl)cc1Cl. The second kappa shape index (κ2) is 6.60. The summed E-state index contributed by atoms with van der Waals surface area (Å²) in [7, 11) is 0. The Morgan fingerprint density at radius 3 is 2.84 bits per heavy atom. The van der Waals surface area contributed by atoms with Crippen LogP contribution in [0.2, 0.25) is 10.0 Å². The molecule has 1 fully saturated rings. The van der Waals surface area contributed by atoms with Crippen molar-refractivity contribution < 1.29 is 4.79 Å². The van der Waals surface area contributed by atoms with E-state index in [1.807, 2.05) is 12.1 Å². The Bertz CT molecular complexity index is 465. The quantitative estimate of drug-likeness (QED) is 0.876. The van der Waals surface area contributed by atoms with Gasteiger partial charge in [-0.25, -0.2) is 0 Å². The number of carbonyl (C=O) groups is 1. The maximum absolute atomic E-state index is 11.2. The van der Waals surface area contributed by atoms with Gasteiger partial charge in [-0.3, -0.25) is 4.79 Å². The van der Waals surface area contributed by atoms with Crippen LogP contribution in [0.1, 0.15) is 37.8 Å². The molecule has 5 heteroatoms. The topological polar surface area (TPSA) is 41.1 Å². The Kier molecular flexibility index (Phi) is 5.08. The lowest BCUT2D eigenvalue weighted by Gasteiger charge is -2.21. The number of amides is 1. The molecule has 0 aromatic heterocycles. The zero-order chi connectivity index (χ0) is 13.8. The Hall–Kier alpha value is -0.770. The fraction of sp³-hybridized carbons (Fsp3) is 0.500. The molecule has 1 aromatic carbocycles. The van der Waals surface area contributed by atoms with Gasteiger partial charge in [-0.05, 0) is 30.5 Å². The number of carbonyl (C=O) groups excluding carboxylic acids is 1. The van der Waals surface area contributed by atoms with E-state index in [1.54, 1.807) is 6.07 Å². The van der Waals surface area contributed by atoms with Crippen LogP contribution in [-0.2, 0) is 4.79 Å². The molecule has 0 radical (unpaired) electrons. The van der Waals surface area contributed by atoms with Crippen molar-refractivity contribution in [2.75, 3.05) is 6.54 Å². The third kappa shape index (κ3) is 3.85. The van der Waals surface area contributed by atoms with Crippen LogP contribution in [0.15, 0.2) is 18.2 Å². The molecule has 1 saturated heterocycles. The minimum absolute atomic E-state index is 0.143. The molecular formula is C14H18Cl2N2O. The van der Waals surface area contributed by atoms with Gasteiger partial charge < -0.3 is 10.6 Å². The normalized spacial score (nSPS) is 20.4. The second-order valence-corrected chi connectivity index (χ2v) is 5.68. The summed E-state index contributed by atoms with van der Waals surface area (Å²) in [6.45, 7) is 2.87. The Morgan fingerprint density at radius 2 is 2.26 bits per heavy atom. The Morgan fingerprint density at radius 1 is 1.47 bits per heavy atom. The number of hydrogen-bond donors (Lipinski definition) is 2.